The van der Waals surface area contributed by atoms with Crippen LogP contribution in [-0.2, 0) is 15.7 Å². The number of rotatable bonds is 5. The molecule has 0 bridgehead atoms. The highest BCUT2D eigenvalue weighted by Gasteiger charge is 2.32. The molecule has 2 fully saturated rings. The van der Waals surface area contributed by atoms with Crippen molar-refractivity contribution in [2.24, 2.45) is 5.73 Å². The number of hydrogen-bond donors (Lipinski definition) is 4. The Kier molecular flexibility index (Phi) is 6.94. The van der Waals surface area contributed by atoms with Crippen molar-refractivity contribution in [3.05, 3.63) is 35.4 Å². The van der Waals surface area contributed by atoms with Crippen molar-refractivity contribution in [2.75, 3.05) is 11.9 Å². The van der Waals surface area contributed by atoms with Gasteiger partial charge in [-0.1, -0.05) is 0 Å². The average molecular weight is 480 g/mol. The molecule has 11 heteroatoms. The summed E-state index contributed by atoms with van der Waals surface area (Å²) >= 11 is 0. The van der Waals surface area contributed by atoms with Gasteiger partial charge in [-0.2, -0.15) is 13.2 Å². The van der Waals surface area contributed by atoms with Crippen molar-refractivity contribution in [1.82, 2.24) is 15.5 Å². The molecule has 2 aliphatic rings. The van der Waals surface area contributed by atoms with Crippen molar-refractivity contribution < 1.29 is 27.8 Å². The topological polar surface area (TPSA) is 122 Å². The van der Waals surface area contributed by atoms with Crippen LogP contribution in [0.3, 0.4) is 0 Å². The molecule has 1 aliphatic carbocycles. The van der Waals surface area contributed by atoms with Crippen molar-refractivity contribution >= 4 is 11.8 Å². The predicted molar refractivity (Wildman–Crippen MR) is 119 cm³/mol. The van der Waals surface area contributed by atoms with Crippen LogP contribution in [-0.4, -0.2) is 52.0 Å². The number of nitrogens with zero attached hydrogens (tertiary/aromatic N) is 2. The first kappa shape index (κ1) is 24.2. The largest absolute Gasteiger partial charge is 0.507 e. The summed E-state index contributed by atoms with van der Waals surface area (Å²) in [5.41, 5.74) is 6.06. The van der Waals surface area contributed by atoms with Gasteiger partial charge in [0.05, 0.1) is 11.3 Å². The number of phenolic OH excluding ortho intramolecular Hbond substituents is 1. The lowest BCUT2D eigenvalue weighted by atomic mass is 10.0. The third-order valence-electron chi connectivity index (χ3n) is 6.32. The Labute approximate surface area is 195 Å². The van der Waals surface area contributed by atoms with Gasteiger partial charge in [0.2, 0.25) is 0 Å². The second kappa shape index (κ2) is 9.75. The van der Waals surface area contributed by atoms with Crippen molar-refractivity contribution in [1.29, 1.82) is 0 Å². The van der Waals surface area contributed by atoms with Gasteiger partial charge in [-0.05, 0) is 68.9 Å². The number of benzene rings is 1. The van der Waals surface area contributed by atoms with Crippen molar-refractivity contribution in [3.8, 4) is 17.0 Å². The molecule has 4 rings (SSSR count). The maximum Gasteiger partial charge on any atom is 0.416 e. The minimum atomic E-state index is -4.54. The number of carbonyl (C=O) groups excluding carboxylic acids is 1. The maximum absolute atomic E-state index is 12.8. The van der Waals surface area contributed by atoms with E-state index in [9.17, 15) is 23.1 Å². The lowest BCUT2D eigenvalue weighted by molar-refractivity contribution is -0.152. The Morgan fingerprint density at radius 3 is 2.59 bits per heavy atom. The zero-order valence-corrected chi connectivity index (χ0v) is 18.7. The lowest BCUT2D eigenvalue weighted by Gasteiger charge is -2.30. The summed E-state index contributed by atoms with van der Waals surface area (Å²) in [6, 6.07) is 4.26. The molecule has 1 saturated heterocycles. The van der Waals surface area contributed by atoms with Crippen LogP contribution >= 0.6 is 0 Å². The normalized spacial score (nSPS) is 25.2. The van der Waals surface area contributed by atoms with E-state index in [1.54, 1.807) is 13.0 Å². The van der Waals surface area contributed by atoms with Crippen LogP contribution in [0.5, 0.6) is 5.75 Å². The van der Waals surface area contributed by atoms with E-state index >= 15 is 0 Å². The molecular weight excluding hydrogens is 451 g/mol. The first-order valence-electron chi connectivity index (χ1n) is 11.3. The van der Waals surface area contributed by atoms with Gasteiger partial charge in [0, 0.05) is 24.2 Å². The number of aromatic nitrogens is 2. The van der Waals surface area contributed by atoms with Gasteiger partial charge in [-0.25, -0.2) is 0 Å². The molecule has 0 spiro atoms. The van der Waals surface area contributed by atoms with Crippen molar-refractivity contribution in [3.63, 3.8) is 0 Å². The van der Waals surface area contributed by atoms with Gasteiger partial charge in [-0.15, -0.1) is 10.2 Å². The predicted octanol–water partition coefficient (Wildman–Crippen LogP) is 3.13. The molecule has 1 saturated carbocycles. The molecule has 184 valence electrons. The average Bonchev–Trinajstić information content (AvgIpc) is 3.18. The highest BCUT2D eigenvalue weighted by molar-refractivity contribution is 5.76. The summed E-state index contributed by atoms with van der Waals surface area (Å²) in [5.74, 6) is -0.253. The number of phenols is 1. The molecule has 4 atom stereocenters. The van der Waals surface area contributed by atoms with E-state index in [1.807, 2.05) is 0 Å². The number of nitrogens with two attached hydrogens (primary N) is 1. The highest BCUT2D eigenvalue weighted by Crippen LogP contribution is 2.37. The molecule has 8 nitrogen and oxygen atoms in total. The van der Waals surface area contributed by atoms with Crippen LogP contribution in [0.4, 0.5) is 19.0 Å². The van der Waals surface area contributed by atoms with Gasteiger partial charge in [0.15, 0.2) is 0 Å². The third-order valence-corrected chi connectivity index (χ3v) is 6.32. The Hall–Kier alpha value is -2.92. The van der Waals surface area contributed by atoms with Gasteiger partial charge in [0.1, 0.15) is 23.7 Å². The second-order valence-electron chi connectivity index (χ2n) is 9.00. The third kappa shape index (κ3) is 5.58. The quantitative estimate of drug-likeness (QED) is 0.483. The summed E-state index contributed by atoms with van der Waals surface area (Å²) in [6.45, 7) is 2.28. The molecule has 1 aliphatic heterocycles. The summed E-state index contributed by atoms with van der Waals surface area (Å²) in [4.78, 5) is 12.4. The lowest BCUT2D eigenvalue weighted by Crippen LogP contribution is -2.49. The zero-order chi connectivity index (χ0) is 24.5. The number of hydrogen-bond acceptors (Lipinski definition) is 8. The molecule has 1 aromatic carbocycles. The Morgan fingerprint density at radius 1 is 1.21 bits per heavy atom. The van der Waals surface area contributed by atoms with E-state index < -0.39 is 17.5 Å². The SMILES string of the molecule is Cc1cc(N[C@@H]2CC[C@@H](C(=O)O[C@@H]3CC[C@H](N)C3)NC2)nnc1-c1ccc(C(F)(F)F)cc1O. The summed E-state index contributed by atoms with van der Waals surface area (Å²) in [6.07, 6.45) is -0.916. The Bertz CT molecular complexity index is 1040. The van der Waals surface area contributed by atoms with E-state index in [0.29, 0.717) is 42.5 Å². The van der Waals surface area contributed by atoms with E-state index in [-0.39, 0.29) is 35.8 Å². The van der Waals surface area contributed by atoms with Gasteiger partial charge in [0.25, 0.3) is 0 Å². The number of alkyl halides is 3. The number of aromatic hydroxyl groups is 1. The summed E-state index contributed by atoms with van der Waals surface area (Å²) in [5, 5.41) is 24.8. The Balaban J connectivity index is 1.33. The number of halogens is 3. The number of piperidine rings is 1. The number of nitrogens with one attached hydrogen (secondary N) is 2. The molecule has 2 aromatic rings. The number of anilines is 1. The minimum Gasteiger partial charge on any atom is -0.507 e. The van der Waals surface area contributed by atoms with Crippen LogP contribution < -0.4 is 16.4 Å². The molecule has 0 amide bonds. The fourth-order valence-corrected chi connectivity index (χ4v) is 4.45. The molecule has 5 N–H and O–H groups in total. The minimum absolute atomic E-state index is 0.0166. The van der Waals surface area contributed by atoms with E-state index in [0.717, 1.165) is 25.3 Å². The number of esters is 1. The Morgan fingerprint density at radius 2 is 2.00 bits per heavy atom. The molecule has 0 radical (unpaired) electrons. The van der Waals surface area contributed by atoms with Crippen LogP contribution in [0, 0.1) is 6.92 Å². The molecular formula is C23H28F3N5O3. The number of ether oxygens (including phenoxy) is 1. The second-order valence-corrected chi connectivity index (χ2v) is 9.00. The first-order chi connectivity index (χ1) is 16.1. The standard InChI is InChI=1S/C23H28F3N5O3/c1-12-8-20(30-31-21(12)17-6-2-13(9-19(17)32)23(24,25)26)29-15-4-7-18(28-11-15)22(33)34-16-5-3-14(27)10-16/h2,6,8-9,14-16,18,28,32H,3-5,7,10-11,27H2,1H3,(H,29,30)/t14-,15+,16+,18-/m0/s1. The highest BCUT2D eigenvalue weighted by atomic mass is 19.4. The zero-order valence-electron chi connectivity index (χ0n) is 18.7. The molecule has 0 unspecified atom stereocenters. The van der Waals surface area contributed by atoms with Crippen LogP contribution in [0.15, 0.2) is 24.3 Å². The first-order valence-corrected chi connectivity index (χ1v) is 11.3. The van der Waals surface area contributed by atoms with Crippen LogP contribution in [0.25, 0.3) is 11.3 Å². The molecule has 2 heterocycles. The monoisotopic (exact) mass is 479 g/mol. The molecule has 34 heavy (non-hydrogen) atoms. The molecule has 1 aromatic heterocycles. The number of carbonyl (C=O) groups is 1. The van der Waals surface area contributed by atoms with Crippen molar-refractivity contribution in [2.45, 2.75) is 69.4 Å². The van der Waals surface area contributed by atoms with Gasteiger partial charge in [-0.3, -0.25) is 4.79 Å². The van der Waals surface area contributed by atoms with Gasteiger partial charge < -0.3 is 26.2 Å². The summed E-state index contributed by atoms with van der Waals surface area (Å²) < 4.78 is 44.1. The smallest absolute Gasteiger partial charge is 0.416 e. The number of aryl methyl sites for hydroxylation is 1. The fraction of sp³-hybridized carbons (Fsp3) is 0.522. The summed E-state index contributed by atoms with van der Waals surface area (Å²) in [7, 11) is 0. The maximum atomic E-state index is 12.8. The van der Waals surface area contributed by atoms with E-state index in [2.05, 4.69) is 20.8 Å². The van der Waals surface area contributed by atoms with Crippen LogP contribution in [0.1, 0.15) is 43.2 Å². The van der Waals surface area contributed by atoms with Crippen LogP contribution in [0.2, 0.25) is 0 Å². The van der Waals surface area contributed by atoms with E-state index in [1.165, 1.54) is 6.07 Å². The van der Waals surface area contributed by atoms with E-state index in [4.69, 9.17) is 10.5 Å². The fourth-order valence-electron chi connectivity index (χ4n) is 4.45. The van der Waals surface area contributed by atoms with Gasteiger partial charge >= 0.3 is 12.1 Å².